The summed E-state index contributed by atoms with van der Waals surface area (Å²) in [6, 6.07) is 10.0. The molecule has 2 N–H and O–H groups in total. The highest BCUT2D eigenvalue weighted by atomic mass is 32.2. The number of carbonyl (C=O) groups is 1. The zero-order valence-corrected chi connectivity index (χ0v) is 13.0. The summed E-state index contributed by atoms with van der Waals surface area (Å²) < 4.78 is 30.6. The molecule has 0 aliphatic carbocycles. The van der Waals surface area contributed by atoms with Crippen molar-refractivity contribution in [1.82, 2.24) is 10.0 Å². The molecule has 6 nitrogen and oxygen atoms in total. The number of rotatable bonds is 7. The molecule has 2 rings (SSSR count). The van der Waals surface area contributed by atoms with E-state index in [0.29, 0.717) is 25.1 Å². The van der Waals surface area contributed by atoms with Crippen LogP contribution in [0.2, 0.25) is 0 Å². The van der Waals surface area contributed by atoms with Gasteiger partial charge in [0.05, 0.1) is 17.7 Å². The van der Waals surface area contributed by atoms with Gasteiger partial charge in [-0.1, -0.05) is 12.1 Å². The van der Waals surface area contributed by atoms with Gasteiger partial charge in [-0.25, -0.2) is 13.1 Å². The van der Waals surface area contributed by atoms with Gasteiger partial charge in [0.25, 0.3) is 0 Å². The van der Waals surface area contributed by atoms with Crippen LogP contribution in [0.1, 0.15) is 17.7 Å². The number of amides is 1. The van der Waals surface area contributed by atoms with Crippen molar-refractivity contribution >= 4 is 15.9 Å². The highest BCUT2D eigenvalue weighted by Gasteiger charge is 2.10. The van der Waals surface area contributed by atoms with Gasteiger partial charge in [0.2, 0.25) is 15.9 Å². The number of furan rings is 1. The van der Waals surface area contributed by atoms with Gasteiger partial charge in [0, 0.05) is 6.42 Å². The maximum atomic E-state index is 11.7. The summed E-state index contributed by atoms with van der Waals surface area (Å²) in [5.41, 5.74) is 0.906. The Hall–Kier alpha value is -2.12. The fraction of sp³-hybridized carbons (Fsp3) is 0.267. The minimum Gasteiger partial charge on any atom is -0.467 e. The maximum absolute atomic E-state index is 11.7. The van der Waals surface area contributed by atoms with Crippen molar-refractivity contribution in [2.75, 3.05) is 7.05 Å². The van der Waals surface area contributed by atoms with E-state index in [1.54, 1.807) is 30.5 Å². The fourth-order valence-corrected chi connectivity index (χ4v) is 2.63. The van der Waals surface area contributed by atoms with Crippen molar-refractivity contribution in [2.24, 2.45) is 0 Å². The Morgan fingerprint density at radius 1 is 1.18 bits per heavy atom. The zero-order valence-electron chi connectivity index (χ0n) is 12.2. The van der Waals surface area contributed by atoms with E-state index in [4.69, 9.17) is 4.42 Å². The first-order valence-electron chi connectivity index (χ1n) is 6.83. The lowest BCUT2D eigenvalue weighted by molar-refractivity contribution is -0.121. The lowest BCUT2D eigenvalue weighted by Crippen LogP contribution is -2.22. The molecule has 118 valence electrons. The van der Waals surface area contributed by atoms with Crippen LogP contribution in [-0.2, 0) is 27.8 Å². The van der Waals surface area contributed by atoms with Gasteiger partial charge in [-0.15, -0.1) is 0 Å². The van der Waals surface area contributed by atoms with Gasteiger partial charge < -0.3 is 9.73 Å². The van der Waals surface area contributed by atoms with Crippen LogP contribution in [0.3, 0.4) is 0 Å². The molecule has 22 heavy (non-hydrogen) atoms. The number of hydrogen-bond acceptors (Lipinski definition) is 4. The lowest BCUT2D eigenvalue weighted by Gasteiger charge is -2.05. The minimum atomic E-state index is -3.42. The Labute approximate surface area is 129 Å². The van der Waals surface area contributed by atoms with Crippen molar-refractivity contribution in [3.63, 3.8) is 0 Å². The summed E-state index contributed by atoms with van der Waals surface area (Å²) in [4.78, 5) is 11.9. The zero-order chi connectivity index (χ0) is 16.0. The highest BCUT2D eigenvalue weighted by molar-refractivity contribution is 7.89. The van der Waals surface area contributed by atoms with E-state index in [1.807, 2.05) is 0 Å². The van der Waals surface area contributed by atoms with Gasteiger partial charge >= 0.3 is 0 Å². The van der Waals surface area contributed by atoms with Crippen LogP contribution in [0.15, 0.2) is 52.0 Å². The van der Waals surface area contributed by atoms with Crippen molar-refractivity contribution in [2.45, 2.75) is 24.3 Å². The molecule has 0 aliphatic rings. The van der Waals surface area contributed by atoms with Crippen LogP contribution in [0.4, 0.5) is 0 Å². The second kappa shape index (κ2) is 7.24. The topological polar surface area (TPSA) is 88.4 Å². The number of aryl methyl sites for hydroxylation is 1. The van der Waals surface area contributed by atoms with Crippen LogP contribution in [0, 0.1) is 0 Å². The summed E-state index contributed by atoms with van der Waals surface area (Å²) in [6.07, 6.45) is 2.44. The molecule has 1 heterocycles. The van der Waals surface area contributed by atoms with E-state index < -0.39 is 10.0 Å². The molecule has 0 atom stereocenters. The summed E-state index contributed by atoms with van der Waals surface area (Å²) in [5, 5.41) is 2.76. The molecular weight excluding hydrogens is 304 g/mol. The molecule has 0 bridgehead atoms. The van der Waals surface area contributed by atoms with Gasteiger partial charge in [-0.2, -0.15) is 0 Å². The number of carbonyl (C=O) groups excluding carboxylic acids is 1. The first kappa shape index (κ1) is 16.3. The van der Waals surface area contributed by atoms with Gasteiger partial charge in [0.15, 0.2) is 0 Å². The molecule has 1 aromatic carbocycles. The van der Waals surface area contributed by atoms with E-state index in [0.717, 1.165) is 5.56 Å². The molecule has 1 aromatic heterocycles. The molecule has 1 amide bonds. The third-order valence-electron chi connectivity index (χ3n) is 3.18. The largest absolute Gasteiger partial charge is 0.467 e. The van der Waals surface area contributed by atoms with E-state index in [-0.39, 0.29) is 10.8 Å². The summed E-state index contributed by atoms with van der Waals surface area (Å²) in [6.45, 7) is 0.366. The molecule has 0 fully saturated rings. The second-order valence-electron chi connectivity index (χ2n) is 4.71. The van der Waals surface area contributed by atoms with Crippen molar-refractivity contribution in [1.29, 1.82) is 0 Å². The predicted octanol–water partition coefficient (Wildman–Crippen LogP) is 1.44. The first-order chi connectivity index (χ1) is 10.5. The average Bonchev–Trinajstić information content (AvgIpc) is 3.05. The van der Waals surface area contributed by atoms with Crippen molar-refractivity contribution in [3.8, 4) is 0 Å². The standard InChI is InChI=1S/C15H18N2O4S/c1-16-22(19,20)14-7-4-12(5-8-14)6-9-15(18)17-11-13-3-2-10-21-13/h2-5,7-8,10,16H,6,9,11H2,1H3,(H,17,18). The maximum Gasteiger partial charge on any atom is 0.240 e. The molecule has 0 saturated carbocycles. The third kappa shape index (κ3) is 4.44. The molecular formula is C15H18N2O4S. The monoisotopic (exact) mass is 322 g/mol. The Morgan fingerprint density at radius 2 is 1.91 bits per heavy atom. The van der Waals surface area contributed by atoms with Crippen molar-refractivity contribution in [3.05, 3.63) is 54.0 Å². The van der Waals surface area contributed by atoms with Gasteiger partial charge in [-0.05, 0) is 43.3 Å². The molecule has 0 aliphatic heterocycles. The Bertz CT molecular complexity index is 707. The first-order valence-corrected chi connectivity index (χ1v) is 8.31. The van der Waals surface area contributed by atoms with Crippen LogP contribution >= 0.6 is 0 Å². The van der Waals surface area contributed by atoms with Crippen LogP contribution in [-0.4, -0.2) is 21.4 Å². The fourth-order valence-electron chi connectivity index (χ4n) is 1.90. The number of sulfonamides is 1. The number of nitrogens with one attached hydrogen (secondary N) is 2. The van der Waals surface area contributed by atoms with E-state index in [9.17, 15) is 13.2 Å². The minimum absolute atomic E-state index is 0.0803. The quantitative estimate of drug-likeness (QED) is 0.807. The Kier molecular flexibility index (Phi) is 5.35. The molecule has 0 unspecified atom stereocenters. The van der Waals surface area contributed by atoms with E-state index in [2.05, 4.69) is 10.0 Å². The molecule has 0 spiro atoms. The third-order valence-corrected chi connectivity index (χ3v) is 4.61. The van der Waals surface area contributed by atoms with Crippen molar-refractivity contribution < 1.29 is 17.6 Å². The molecule has 7 heteroatoms. The summed E-state index contributed by atoms with van der Waals surface area (Å²) in [5.74, 6) is 0.623. The van der Waals surface area contributed by atoms with E-state index in [1.165, 1.54) is 19.2 Å². The molecule has 0 radical (unpaired) electrons. The highest BCUT2D eigenvalue weighted by Crippen LogP contribution is 2.11. The lowest BCUT2D eigenvalue weighted by atomic mass is 10.1. The SMILES string of the molecule is CNS(=O)(=O)c1ccc(CCC(=O)NCc2ccco2)cc1. The van der Waals surface area contributed by atoms with E-state index >= 15 is 0 Å². The number of hydrogen-bond donors (Lipinski definition) is 2. The molecule has 0 saturated heterocycles. The normalized spacial score (nSPS) is 11.3. The number of benzene rings is 1. The summed E-state index contributed by atoms with van der Waals surface area (Å²) >= 11 is 0. The Morgan fingerprint density at radius 3 is 2.50 bits per heavy atom. The van der Waals surface area contributed by atoms with Crippen LogP contribution < -0.4 is 10.0 Å². The van der Waals surface area contributed by atoms with Gasteiger partial charge in [0.1, 0.15) is 5.76 Å². The average molecular weight is 322 g/mol. The molecule has 2 aromatic rings. The Balaban J connectivity index is 1.82. The van der Waals surface area contributed by atoms with Gasteiger partial charge in [-0.3, -0.25) is 4.79 Å². The van der Waals surface area contributed by atoms with Crippen LogP contribution in [0.5, 0.6) is 0 Å². The summed E-state index contributed by atoms with van der Waals surface area (Å²) in [7, 11) is -2.05. The smallest absolute Gasteiger partial charge is 0.240 e. The van der Waals surface area contributed by atoms with Crippen LogP contribution in [0.25, 0.3) is 0 Å². The second-order valence-corrected chi connectivity index (χ2v) is 6.59. The predicted molar refractivity (Wildman–Crippen MR) is 81.6 cm³/mol.